The Hall–Kier alpha value is -2.15. The van der Waals surface area contributed by atoms with Gasteiger partial charge in [-0.1, -0.05) is 5.16 Å². The Morgan fingerprint density at radius 2 is 2.12 bits per heavy atom. The van der Waals surface area contributed by atoms with Crippen LogP contribution in [-0.4, -0.2) is 47.3 Å². The minimum Gasteiger partial charge on any atom is -0.461 e. The number of hydrogen-bond acceptors (Lipinski definition) is 6. The number of amides is 1. The van der Waals surface area contributed by atoms with E-state index in [0.717, 1.165) is 39.1 Å². The molecule has 7 nitrogen and oxygen atoms in total. The van der Waals surface area contributed by atoms with Crippen LogP contribution in [0.25, 0.3) is 11.6 Å². The monoisotopic (exact) mass is 345 g/mol. The van der Waals surface area contributed by atoms with Crippen LogP contribution >= 0.6 is 0 Å². The first-order chi connectivity index (χ1) is 12.3. The lowest BCUT2D eigenvalue weighted by Gasteiger charge is -2.34. The second-order valence-corrected chi connectivity index (χ2v) is 6.83. The van der Waals surface area contributed by atoms with E-state index < -0.39 is 0 Å². The van der Waals surface area contributed by atoms with Crippen LogP contribution in [0, 0.1) is 11.8 Å². The maximum atomic E-state index is 12.4. The molecule has 1 atom stereocenters. The molecule has 2 aromatic rings. The number of carbonyl (C=O) groups is 1. The first-order valence-electron chi connectivity index (χ1n) is 9.01. The lowest BCUT2D eigenvalue weighted by molar-refractivity contribution is -0.132. The number of furan rings is 1. The van der Waals surface area contributed by atoms with Crippen LogP contribution in [0.2, 0.25) is 0 Å². The highest BCUT2D eigenvalue weighted by atomic mass is 16.5. The number of likely N-dealkylation sites (tertiary alicyclic amines) is 1. The van der Waals surface area contributed by atoms with E-state index in [4.69, 9.17) is 13.7 Å². The minimum atomic E-state index is 0.166. The fourth-order valence-corrected chi connectivity index (χ4v) is 3.78. The molecule has 2 aliphatic rings. The lowest BCUT2D eigenvalue weighted by Crippen LogP contribution is -2.40. The molecule has 0 saturated carbocycles. The summed E-state index contributed by atoms with van der Waals surface area (Å²) < 4.78 is 15.9. The summed E-state index contributed by atoms with van der Waals surface area (Å²) in [5.74, 6) is 3.02. The van der Waals surface area contributed by atoms with Crippen molar-refractivity contribution in [2.24, 2.45) is 11.8 Å². The van der Waals surface area contributed by atoms with Crippen molar-refractivity contribution in [3.63, 3.8) is 0 Å². The molecule has 0 radical (unpaired) electrons. The SMILES string of the molecule is O=C(CCc1nc(-c2ccco2)no1)N1CCC(C2CCOC2)CC1. The van der Waals surface area contributed by atoms with Gasteiger partial charge in [-0.15, -0.1) is 0 Å². The Balaban J connectivity index is 1.24. The van der Waals surface area contributed by atoms with Crippen LogP contribution in [0.5, 0.6) is 0 Å². The van der Waals surface area contributed by atoms with Crippen LogP contribution in [0.3, 0.4) is 0 Å². The molecule has 1 unspecified atom stereocenters. The fraction of sp³-hybridized carbons (Fsp3) is 0.611. The van der Waals surface area contributed by atoms with Crippen LogP contribution in [0.4, 0.5) is 0 Å². The zero-order chi connectivity index (χ0) is 17.1. The summed E-state index contributed by atoms with van der Waals surface area (Å²) in [5, 5.41) is 3.89. The number of hydrogen-bond donors (Lipinski definition) is 0. The lowest BCUT2D eigenvalue weighted by atomic mass is 9.84. The molecule has 2 saturated heterocycles. The Labute approximate surface area is 146 Å². The van der Waals surface area contributed by atoms with Crippen molar-refractivity contribution in [1.29, 1.82) is 0 Å². The van der Waals surface area contributed by atoms with Crippen molar-refractivity contribution in [2.45, 2.75) is 32.1 Å². The number of aryl methyl sites for hydroxylation is 1. The van der Waals surface area contributed by atoms with Crippen molar-refractivity contribution in [3.05, 3.63) is 24.3 Å². The molecule has 0 aliphatic carbocycles. The third kappa shape index (κ3) is 3.76. The summed E-state index contributed by atoms with van der Waals surface area (Å²) >= 11 is 0. The van der Waals surface area contributed by atoms with Gasteiger partial charge in [0.15, 0.2) is 5.76 Å². The first kappa shape index (κ1) is 16.3. The van der Waals surface area contributed by atoms with Crippen LogP contribution in [0.1, 0.15) is 31.6 Å². The van der Waals surface area contributed by atoms with E-state index in [-0.39, 0.29) is 5.91 Å². The maximum absolute atomic E-state index is 12.4. The molecule has 2 fully saturated rings. The van der Waals surface area contributed by atoms with E-state index >= 15 is 0 Å². The number of ether oxygens (including phenoxy) is 1. The van der Waals surface area contributed by atoms with Gasteiger partial charge in [0.05, 0.1) is 6.26 Å². The summed E-state index contributed by atoms with van der Waals surface area (Å²) in [5.41, 5.74) is 0. The van der Waals surface area contributed by atoms with Gasteiger partial charge in [0, 0.05) is 39.1 Å². The zero-order valence-electron chi connectivity index (χ0n) is 14.2. The van der Waals surface area contributed by atoms with E-state index in [1.807, 2.05) is 4.90 Å². The quantitative estimate of drug-likeness (QED) is 0.828. The van der Waals surface area contributed by atoms with Gasteiger partial charge >= 0.3 is 0 Å². The maximum Gasteiger partial charge on any atom is 0.238 e. The number of piperidine rings is 1. The summed E-state index contributed by atoms with van der Waals surface area (Å²) in [7, 11) is 0. The van der Waals surface area contributed by atoms with E-state index in [9.17, 15) is 4.79 Å². The number of rotatable bonds is 5. The third-order valence-corrected chi connectivity index (χ3v) is 5.29. The third-order valence-electron chi connectivity index (χ3n) is 5.29. The number of aromatic nitrogens is 2. The van der Waals surface area contributed by atoms with Gasteiger partial charge in [-0.3, -0.25) is 4.79 Å². The highest BCUT2D eigenvalue weighted by Gasteiger charge is 2.30. The van der Waals surface area contributed by atoms with Gasteiger partial charge in [0.2, 0.25) is 17.6 Å². The van der Waals surface area contributed by atoms with Crippen LogP contribution in [0.15, 0.2) is 27.3 Å². The normalized spacial score (nSPS) is 21.8. The number of carbonyl (C=O) groups excluding carboxylic acids is 1. The van der Waals surface area contributed by atoms with Crippen LogP contribution < -0.4 is 0 Å². The largest absolute Gasteiger partial charge is 0.461 e. The topological polar surface area (TPSA) is 81.6 Å². The van der Waals surface area contributed by atoms with Crippen molar-refractivity contribution < 1.29 is 18.5 Å². The van der Waals surface area contributed by atoms with Gasteiger partial charge in [0.1, 0.15) is 0 Å². The molecule has 4 heterocycles. The van der Waals surface area contributed by atoms with Crippen LogP contribution in [-0.2, 0) is 16.0 Å². The highest BCUT2D eigenvalue weighted by molar-refractivity contribution is 5.76. The van der Waals surface area contributed by atoms with Crippen molar-refractivity contribution in [1.82, 2.24) is 15.0 Å². The summed E-state index contributed by atoms with van der Waals surface area (Å²) in [4.78, 5) is 18.7. The van der Waals surface area contributed by atoms with Gasteiger partial charge in [-0.05, 0) is 43.2 Å². The molecule has 2 aliphatic heterocycles. The molecule has 2 aromatic heterocycles. The average molecular weight is 345 g/mol. The van der Waals surface area contributed by atoms with E-state index in [1.165, 1.54) is 6.42 Å². The summed E-state index contributed by atoms with van der Waals surface area (Å²) in [6, 6.07) is 3.55. The van der Waals surface area contributed by atoms with E-state index in [2.05, 4.69) is 10.1 Å². The second-order valence-electron chi connectivity index (χ2n) is 6.83. The van der Waals surface area contributed by atoms with Gasteiger partial charge in [0.25, 0.3) is 0 Å². The summed E-state index contributed by atoms with van der Waals surface area (Å²) in [6.45, 7) is 3.49. The molecule has 134 valence electrons. The molecule has 1 amide bonds. The van der Waals surface area contributed by atoms with Crippen molar-refractivity contribution in [2.75, 3.05) is 26.3 Å². The predicted octanol–water partition coefficient (Wildman–Crippen LogP) is 2.54. The molecule has 7 heteroatoms. The zero-order valence-corrected chi connectivity index (χ0v) is 14.2. The molecule has 0 bridgehead atoms. The predicted molar refractivity (Wildman–Crippen MR) is 88.6 cm³/mol. The average Bonchev–Trinajstić information content (AvgIpc) is 3.42. The Bertz CT molecular complexity index is 683. The van der Waals surface area contributed by atoms with Crippen molar-refractivity contribution in [3.8, 4) is 11.6 Å². The Kier molecular flexibility index (Phi) is 4.83. The molecule has 0 N–H and O–H groups in total. The fourth-order valence-electron chi connectivity index (χ4n) is 3.78. The summed E-state index contributed by atoms with van der Waals surface area (Å²) in [6.07, 6.45) is 5.77. The number of nitrogens with zero attached hydrogens (tertiary/aromatic N) is 3. The van der Waals surface area contributed by atoms with Gasteiger partial charge in [-0.25, -0.2) is 0 Å². The van der Waals surface area contributed by atoms with Crippen molar-refractivity contribution >= 4 is 5.91 Å². The smallest absolute Gasteiger partial charge is 0.238 e. The molecule has 4 rings (SSSR count). The molecule has 0 spiro atoms. The van der Waals surface area contributed by atoms with E-state index in [1.54, 1.807) is 18.4 Å². The van der Waals surface area contributed by atoms with E-state index in [0.29, 0.717) is 42.2 Å². The molecular formula is C18H23N3O4. The minimum absolute atomic E-state index is 0.166. The molecular weight excluding hydrogens is 322 g/mol. The Morgan fingerprint density at radius 3 is 2.84 bits per heavy atom. The highest BCUT2D eigenvalue weighted by Crippen LogP contribution is 2.30. The van der Waals surface area contributed by atoms with Gasteiger partial charge < -0.3 is 18.6 Å². The Morgan fingerprint density at radius 1 is 1.24 bits per heavy atom. The standard InChI is InChI=1S/C18H23N3O4/c22-17(21-8-5-13(6-9-21)14-7-11-23-12-14)4-3-16-19-18(20-25-16)15-2-1-10-24-15/h1-2,10,13-14H,3-9,11-12H2. The molecule has 25 heavy (non-hydrogen) atoms. The van der Waals surface area contributed by atoms with Gasteiger partial charge in [-0.2, -0.15) is 4.98 Å². The second kappa shape index (κ2) is 7.39. The first-order valence-corrected chi connectivity index (χ1v) is 9.01. The molecule has 0 aromatic carbocycles.